The molecule has 90 valence electrons. The molecule has 1 fully saturated rings. The zero-order valence-electron chi connectivity index (χ0n) is 9.21. The van der Waals surface area contributed by atoms with Crippen molar-refractivity contribution in [2.24, 2.45) is 0 Å². The monoisotopic (exact) mass is 227 g/mol. The van der Waals surface area contributed by atoms with Crippen LogP contribution in [0.4, 0.5) is 0 Å². The van der Waals surface area contributed by atoms with Crippen molar-refractivity contribution in [2.75, 3.05) is 13.6 Å². The van der Waals surface area contributed by atoms with E-state index in [1.807, 2.05) is 18.5 Å². The number of nitrogens with zero attached hydrogens (tertiary/aromatic N) is 2. The van der Waals surface area contributed by atoms with E-state index >= 15 is 0 Å². The molecule has 0 radical (unpaired) electrons. The highest BCUT2D eigenvalue weighted by atomic mass is 17.0. The molecule has 3 N–H and O–H groups in total. The Hall–Kier alpha value is -1.05. The van der Waals surface area contributed by atoms with Gasteiger partial charge in [0.15, 0.2) is 0 Å². The van der Waals surface area contributed by atoms with Gasteiger partial charge in [0, 0.05) is 18.4 Å². The van der Waals surface area contributed by atoms with Gasteiger partial charge in [0.1, 0.15) is 0 Å². The lowest BCUT2D eigenvalue weighted by atomic mass is 10.1. The van der Waals surface area contributed by atoms with Crippen LogP contribution in [0, 0.1) is 5.21 Å². The first-order valence-corrected chi connectivity index (χ1v) is 5.13. The second kappa shape index (κ2) is 6.51. The van der Waals surface area contributed by atoms with E-state index in [0.717, 1.165) is 0 Å². The van der Waals surface area contributed by atoms with E-state index in [4.69, 9.17) is 15.6 Å². The maximum Gasteiger partial charge on any atom is 0.0360 e. The molecule has 1 saturated heterocycles. The molecule has 1 atom stereocenters. The van der Waals surface area contributed by atoms with Crippen molar-refractivity contribution in [2.45, 2.75) is 18.9 Å². The van der Waals surface area contributed by atoms with Gasteiger partial charge >= 0.3 is 0 Å². The largest absolute Gasteiger partial charge is 0.566 e. The molecular weight excluding hydrogens is 210 g/mol. The first kappa shape index (κ1) is 13.0. The summed E-state index contributed by atoms with van der Waals surface area (Å²) in [7, 11) is 2.19. The molecule has 0 aromatic carbocycles. The number of hydrogen-bond donors (Lipinski definition) is 3. The fraction of sp³-hybridized carbons (Fsp3) is 0.500. The van der Waals surface area contributed by atoms with Crippen LogP contribution in [0.3, 0.4) is 0 Å². The molecule has 16 heavy (non-hydrogen) atoms. The molecule has 0 aliphatic carbocycles. The van der Waals surface area contributed by atoms with Crippen LogP contribution in [-0.2, 0) is 0 Å². The zero-order valence-corrected chi connectivity index (χ0v) is 9.21. The average Bonchev–Trinajstić information content (AvgIpc) is 2.65. The summed E-state index contributed by atoms with van der Waals surface area (Å²) in [6.07, 6.45) is 6.41. The number of aromatic nitrogens is 1. The van der Waals surface area contributed by atoms with Crippen molar-refractivity contribution in [1.82, 2.24) is 9.88 Å². The molecule has 0 spiro atoms. The first-order chi connectivity index (χ1) is 7.61. The fourth-order valence-corrected chi connectivity index (χ4v) is 1.90. The minimum absolute atomic E-state index is 0.610. The van der Waals surface area contributed by atoms with Crippen molar-refractivity contribution in [3.8, 4) is 0 Å². The highest BCUT2D eigenvalue weighted by Gasteiger charge is 2.21. The van der Waals surface area contributed by atoms with Gasteiger partial charge in [-0.1, -0.05) is 11.5 Å². The Morgan fingerprint density at radius 3 is 2.69 bits per heavy atom. The summed E-state index contributed by atoms with van der Waals surface area (Å²) in [5.74, 6) is 0. The van der Waals surface area contributed by atoms with Gasteiger partial charge in [-0.05, 0) is 38.1 Å². The van der Waals surface area contributed by atoms with Crippen LogP contribution in [0.15, 0.2) is 24.5 Å². The lowest BCUT2D eigenvalue weighted by Crippen LogP contribution is -3.01. The van der Waals surface area contributed by atoms with Crippen molar-refractivity contribution in [3.63, 3.8) is 0 Å². The van der Waals surface area contributed by atoms with Crippen molar-refractivity contribution in [1.29, 1.82) is 0 Å². The molecule has 0 amide bonds. The van der Waals surface area contributed by atoms with Gasteiger partial charge in [-0.15, -0.1) is 0 Å². The molecule has 1 aliphatic heterocycles. The molecule has 1 unspecified atom stereocenters. The van der Waals surface area contributed by atoms with Crippen LogP contribution in [0.1, 0.15) is 24.4 Å². The Morgan fingerprint density at radius 1 is 1.56 bits per heavy atom. The maximum absolute atomic E-state index is 8.56. The molecule has 2 rings (SSSR count). The summed E-state index contributed by atoms with van der Waals surface area (Å²) >= 11 is 0. The predicted molar refractivity (Wildman–Crippen MR) is 56.7 cm³/mol. The summed E-state index contributed by atoms with van der Waals surface area (Å²) < 4.78 is 0. The zero-order chi connectivity index (χ0) is 12.0. The van der Waals surface area contributed by atoms with Crippen LogP contribution in [-0.4, -0.2) is 33.9 Å². The van der Waals surface area contributed by atoms with Gasteiger partial charge in [-0.2, -0.15) is 10.4 Å². The third kappa shape index (κ3) is 4.21. The van der Waals surface area contributed by atoms with Gasteiger partial charge < -0.3 is 5.21 Å². The Balaban J connectivity index is 0.000000280. The van der Waals surface area contributed by atoms with E-state index in [-0.39, 0.29) is 0 Å². The highest BCUT2D eigenvalue weighted by Crippen LogP contribution is 2.29. The van der Waals surface area contributed by atoms with E-state index in [1.165, 1.54) is 24.9 Å². The van der Waals surface area contributed by atoms with Gasteiger partial charge in [-0.25, -0.2) is 0 Å². The van der Waals surface area contributed by atoms with Crippen molar-refractivity contribution < 1.29 is 15.8 Å². The molecule has 0 saturated carbocycles. The normalized spacial score (nSPS) is 20.7. The summed E-state index contributed by atoms with van der Waals surface area (Å²) in [5.41, 5.74) is 1.36. The molecule has 0 bridgehead atoms. The van der Waals surface area contributed by atoms with Crippen molar-refractivity contribution >= 4 is 0 Å². The molecule has 2 heterocycles. The molecule has 1 aromatic heterocycles. The third-order valence-corrected chi connectivity index (χ3v) is 2.59. The van der Waals surface area contributed by atoms with Crippen LogP contribution in [0.25, 0.3) is 0 Å². The van der Waals surface area contributed by atoms with Crippen molar-refractivity contribution in [3.05, 3.63) is 35.3 Å². The summed E-state index contributed by atoms with van der Waals surface area (Å²) in [6, 6.07) is 4.79. The van der Waals surface area contributed by atoms with Gasteiger partial charge in [0.25, 0.3) is 0 Å². The van der Waals surface area contributed by atoms with E-state index in [9.17, 15) is 0 Å². The standard InChI is InChI=1S/C10H14N2.H3NO3/c1-12-7-3-5-10(12)9-4-2-6-11-8-9;2-1(3)4/h2,4,6,8,10H,3,5,7H2,1H3;1-3H. The van der Waals surface area contributed by atoms with Gasteiger partial charge in [-0.3, -0.25) is 9.88 Å². The minimum Gasteiger partial charge on any atom is -0.566 e. The molecule has 1 aromatic rings. The third-order valence-electron chi connectivity index (χ3n) is 2.59. The van der Waals surface area contributed by atoms with Gasteiger partial charge in [0.05, 0.1) is 0 Å². The highest BCUT2D eigenvalue weighted by molar-refractivity contribution is 5.14. The second-order valence-electron chi connectivity index (χ2n) is 3.71. The number of nitrogens with one attached hydrogen (secondary N) is 1. The van der Waals surface area contributed by atoms with Gasteiger partial charge in [0.2, 0.25) is 0 Å². The smallest absolute Gasteiger partial charge is 0.0360 e. The number of rotatable bonds is 1. The lowest BCUT2D eigenvalue weighted by molar-refractivity contribution is -1.20. The SMILES string of the molecule is CN1CCCC1c1cccnc1.[O-][NH+](O)O. The number of pyridine rings is 1. The van der Waals surface area contributed by atoms with E-state index in [0.29, 0.717) is 6.04 Å². The number of hydrogen-bond acceptors (Lipinski definition) is 5. The van der Waals surface area contributed by atoms with E-state index < -0.39 is 5.39 Å². The Labute approximate surface area is 94.2 Å². The summed E-state index contributed by atoms with van der Waals surface area (Å²) in [4.78, 5) is 6.54. The lowest BCUT2D eigenvalue weighted by Gasteiger charge is -2.18. The number of quaternary nitrogens is 1. The Kier molecular flexibility index (Phi) is 5.30. The first-order valence-electron chi connectivity index (χ1n) is 5.13. The molecule has 1 aliphatic rings. The Bertz CT molecular complexity index is 292. The summed E-state index contributed by atoms with van der Waals surface area (Å²) in [6.45, 7) is 1.22. The van der Waals surface area contributed by atoms with E-state index in [1.54, 1.807) is 0 Å². The average molecular weight is 227 g/mol. The fourth-order valence-electron chi connectivity index (χ4n) is 1.90. The summed E-state index contributed by atoms with van der Waals surface area (Å²) in [5, 5.41) is 20.7. The van der Waals surface area contributed by atoms with Crippen LogP contribution >= 0.6 is 0 Å². The van der Waals surface area contributed by atoms with Crippen LogP contribution in [0.5, 0.6) is 0 Å². The topological polar surface area (TPSA) is 84.1 Å². The van der Waals surface area contributed by atoms with Crippen LogP contribution < -0.4 is 5.39 Å². The number of likely N-dealkylation sites (tertiary alicyclic amines) is 1. The van der Waals surface area contributed by atoms with Crippen LogP contribution in [0.2, 0.25) is 0 Å². The molecule has 6 heteroatoms. The second-order valence-corrected chi connectivity index (χ2v) is 3.71. The molecule has 6 nitrogen and oxygen atoms in total. The van der Waals surface area contributed by atoms with E-state index in [2.05, 4.69) is 23.0 Å². The molecular formula is C10H17N3O3. The predicted octanol–water partition coefficient (Wildman–Crippen LogP) is -0.00420. The quantitative estimate of drug-likeness (QED) is 0.588. The minimum atomic E-state index is -1.83. The Morgan fingerprint density at radius 2 is 2.25 bits per heavy atom. The maximum atomic E-state index is 8.56.